The molecule has 0 fully saturated rings. The van der Waals surface area contributed by atoms with E-state index in [4.69, 9.17) is 11.0 Å². The maximum Gasteiger partial charge on any atom is 0.250 e. The SMILES string of the molecule is CC(C#N)CN(C)CCCn1cc(N)ccc1=O. The monoisotopic (exact) mass is 248 g/mol. The summed E-state index contributed by atoms with van der Waals surface area (Å²) in [6, 6.07) is 5.30. The van der Waals surface area contributed by atoms with Crippen LogP contribution in [-0.2, 0) is 6.54 Å². The number of anilines is 1. The van der Waals surface area contributed by atoms with Gasteiger partial charge in [-0.3, -0.25) is 4.79 Å². The van der Waals surface area contributed by atoms with Crippen LogP contribution in [0.15, 0.2) is 23.1 Å². The lowest BCUT2D eigenvalue weighted by molar-refractivity contribution is 0.299. The third-order valence-electron chi connectivity index (χ3n) is 2.75. The quantitative estimate of drug-likeness (QED) is 0.812. The maximum atomic E-state index is 11.5. The second kappa shape index (κ2) is 6.82. The van der Waals surface area contributed by atoms with E-state index in [-0.39, 0.29) is 11.5 Å². The van der Waals surface area contributed by atoms with E-state index in [9.17, 15) is 4.79 Å². The van der Waals surface area contributed by atoms with E-state index in [0.717, 1.165) is 19.5 Å². The van der Waals surface area contributed by atoms with Crippen LogP contribution in [0, 0.1) is 17.2 Å². The van der Waals surface area contributed by atoms with Crippen molar-refractivity contribution in [3.8, 4) is 6.07 Å². The molecular formula is C13H20N4O. The molecule has 1 aromatic rings. The first-order chi connectivity index (χ1) is 8.52. The van der Waals surface area contributed by atoms with Crippen molar-refractivity contribution in [2.45, 2.75) is 19.9 Å². The van der Waals surface area contributed by atoms with Crippen molar-refractivity contribution in [1.29, 1.82) is 5.26 Å². The minimum absolute atomic E-state index is 0.0303. The highest BCUT2D eigenvalue weighted by molar-refractivity contribution is 5.33. The van der Waals surface area contributed by atoms with Crippen molar-refractivity contribution in [1.82, 2.24) is 9.47 Å². The molecule has 0 aromatic carbocycles. The van der Waals surface area contributed by atoms with Crippen molar-refractivity contribution in [2.75, 3.05) is 25.9 Å². The fourth-order valence-electron chi connectivity index (χ4n) is 1.84. The van der Waals surface area contributed by atoms with Crippen molar-refractivity contribution in [3.63, 3.8) is 0 Å². The zero-order valence-electron chi connectivity index (χ0n) is 11.0. The fraction of sp³-hybridized carbons (Fsp3) is 0.538. The number of nitrogens with two attached hydrogens (primary N) is 1. The van der Waals surface area contributed by atoms with E-state index in [1.54, 1.807) is 16.8 Å². The van der Waals surface area contributed by atoms with Gasteiger partial charge >= 0.3 is 0 Å². The van der Waals surface area contributed by atoms with Gasteiger partial charge in [-0.1, -0.05) is 0 Å². The van der Waals surface area contributed by atoms with E-state index in [2.05, 4.69) is 11.0 Å². The molecule has 1 unspecified atom stereocenters. The Bertz CT molecular complexity index is 475. The van der Waals surface area contributed by atoms with Crippen molar-refractivity contribution < 1.29 is 0 Å². The van der Waals surface area contributed by atoms with Gasteiger partial charge in [0.05, 0.1) is 12.0 Å². The van der Waals surface area contributed by atoms with E-state index >= 15 is 0 Å². The molecule has 1 heterocycles. The summed E-state index contributed by atoms with van der Waals surface area (Å²) < 4.78 is 1.62. The Kier molecular flexibility index (Phi) is 5.40. The first kappa shape index (κ1) is 14.3. The van der Waals surface area contributed by atoms with Gasteiger partial charge in [0.1, 0.15) is 0 Å². The molecule has 0 aliphatic rings. The highest BCUT2D eigenvalue weighted by atomic mass is 16.1. The molecule has 0 bridgehead atoms. The molecule has 0 amide bonds. The molecule has 5 nitrogen and oxygen atoms in total. The molecule has 0 saturated carbocycles. The average molecular weight is 248 g/mol. The predicted octanol–water partition coefficient (Wildman–Crippen LogP) is 0.912. The van der Waals surface area contributed by atoms with Crippen LogP contribution < -0.4 is 11.3 Å². The fourth-order valence-corrected chi connectivity index (χ4v) is 1.84. The maximum absolute atomic E-state index is 11.5. The molecule has 1 atom stereocenters. The van der Waals surface area contributed by atoms with Gasteiger partial charge in [0.25, 0.3) is 5.56 Å². The van der Waals surface area contributed by atoms with Gasteiger partial charge in [-0.25, -0.2) is 0 Å². The van der Waals surface area contributed by atoms with Gasteiger partial charge in [-0.15, -0.1) is 0 Å². The lowest BCUT2D eigenvalue weighted by Gasteiger charge is -2.17. The number of hydrogen-bond donors (Lipinski definition) is 1. The number of nitriles is 1. The zero-order chi connectivity index (χ0) is 13.5. The molecule has 0 spiro atoms. The van der Waals surface area contributed by atoms with Crippen molar-refractivity contribution >= 4 is 5.69 Å². The molecule has 5 heteroatoms. The molecule has 1 rings (SSSR count). The van der Waals surface area contributed by atoms with Crippen molar-refractivity contribution in [2.24, 2.45) is 5.92 Å². The Morgan fingerprint density at radius 3 is 2.94 bits per heavy atom. The molecule has 0 saturated heterocycles. The Labute approximate surface area is 107 Å². The first-order valence-corrected chi connectivity index (χ1v) is 6.07. The largest absolute Gasteiger partial charge is 0.398 e. The first-order valence-electron chi connectivity index (χ1n) is 6.07. The minimum atomic E-state index is -0.0303. The van der Waals surface area contributed by atoms with E-state index in [0.29, 0.717) is 12.2 Å². The summed E-state index contributed by atoms with van der Waals surface area (Å²) in [4.78, 5) is 13.6. The van der Waals surface area contributed by atoms with E-state index < -0.39 is 0 Å². The van der Waals surface area contributed by atoms with Crippen LogP contribution in [-0.4, -0.2) is 29.6 Å². The smallest absolute Gasteiger partial charge is 0.250 e. The van der Waals surface area contributed by atoms with Crippen LogP contribution in [0.3, 0.4) is 0 Å². The van der Waals surface area contributed by atoms with Gasteiger partial charge in [-0.05, 0) is 33.0 Å². The van der Waals surface area contributed by atoms with Gasteiger partial charge in [-0.2, -0.15) is 5.26 Å². The summed E-state index contributed by atoms with van der Waals surface area (Å²) in [5.41, 5.74) is 6.20. The lowest BCUT2D eigenvalue weighted by Crippen LogP contribution is -2.27. The number of hydrogen-bond acceptors (Lipinski definition) is 4. The number of rotatable bonds is 6. The molecule has 1 aromatic heterocycles. The highest BCUT2D eigenvalue weighted by Crippen LogP contribution is 2.00. The van der Waals surface area contributed by atoms with E-state index in [1.807, 2.05) is 14.0 Å². The third-order valence-corrected chi connectivity index (χ3v) is 2.75. The standard InChI is InChI=1S/C13H20N4O/c1-11(8-14)9-16(2)6-3-7-17-10-12(15)4-5-13(17)18/h4-5,10-11H,3,6-7,9,15H2,1-2H3. The summed E-state index contributed by atoms with van der Waals surface area (Å²) in [6.45, 7) is 4.16. The van der Waals surface area contributed by atoms with Crippen LogP contribution in [0.25, 0.3) is 0 Å². The molecule has 0 aliphatic heterocycles. The van der Waals surface area contributed by atoms with Gasteiger partial charge in [0.15, 0.2) is 0 Å². The summed E-state index contributed by atoms with van der Waals surface area (Å²) >= 11 is 0. The van der Waals surface area contributed by atoms with Crippen LogP contribution in [0.1, 0.15) is 13.3 Å². The Hall–Kier alpha value is -1.80. The van der Waals surface area contributed by atoms with Gasteiger partial charge in [0.2, 0.25) is 0 Å². The Balaban J connectivity index is 2.40. The van der Waals surface area contributed by atoms with Gasteiger partial charge in [0, 0.05) is 31.0 Å². The van der Waals surface area contributed by atoms with Crippen LogP contribution in [0.5, 0.6) is 0 Å². The summed E-state index contributed by atoms with van der Waals surface area (Å²) in [5.74, 6) is 0.0325. The molecule has 98 valence electrons. The van der Waals surface area contributed by atoms with Gasteiger partial charge < -0.3 is 15.2 Å². The van der Waals surface area contributed by atoms with Crippen LogP contribution in [0.2, 0.25) is 0 Å². The van der Waals surface area contributed by atoms with E-state index in [1.165, 1.54) is 6.07 Å². The van der Waals surface area contributed by atoms with Crippen LogP contribution >= 0.6 is 0 Å². The summed E-state index contributed by atoms with van der Waals surface area (Å²) in [5, 5.41) is 8.72. The highest BCUT2D eigenvalue weighted by Gasteiger charge is 2.05. The second-order valence-corrected chi connectivity index (χ2v) is 4.64. The molecule has 0 aliphatic carbocycles. The topological polar surface area (TPSA) is 75.1 Å². The molecule has 18 heavy (non-hydrogen) atoms. The zero-order valence-corrected chi connectivity index (χ0v) is 11.0. The normalized spacial score (nSPS) is 12.3. The Morgan fingerprint density at radius 2 is 2.28 bits per heavy atom. The number of nitrogen functional groups attached to an aromatic ring is 1. The molecule has 0 radical (unpaired) electrons. The van der Waals surface area contributed by atoms with Crippen molar-refractivity contribution in [3.05, 3.63) is 28.7 Å². The number of aryl methyl sites for hydroxylation is 1. The number of aromatic nitrogens is 1. The number of nitrogens with zero attached hydrogens (tertiary/aromatic N) is 3. The number of pyridine rings is 1. The summed E-state index contributed by atoms with van der Waals surface area (Å²) in [6.07, 6.45) is 2.53. The minimum Gasteiger partial charge on any atom is -0.398 e. The summed E-state index contributed by atoms with van der Waals surface area (Å²) in [7, 11) is 1.98. The average Bonchev–Trinajstić information content (AvgIpc) is 2.33. The third kappa shape index (κ3) is 4.60. The second-order valence-electron chi connectivity index (χ2n) is 4.64. The van der Waals surface area contributed by atoms with Crippen LogP contribution in [0.4, 0.5) is 5.69 Å². The molecule has 2 N–H and O–H groups in total. The Morgan fingerprint density at radius 1 is 1.56 bits per heavy atom. The molecular weight excluding hydrogens is 228 g/mol. The lowest BCUT2D eigenvalue weighted by atomic mass is 10.2. The predicted molar refractivity (Wildman–Crippen MR) is 72.0 cm³/mol.